The van der Waals surface area contributed by atoms with E-state index in [2.05, 4.69) is 10.6 Å². The number of rotatable bonds is 5. The van der Waals surface area contributed by atoms with Crippen molar-refractivity contribution in [1.29, 1.82) is 0 Å². The first-order valence-corrected chi connectivity index (χ1v) is 10.6. The highest BCUT2D eigenvalue weighted by Gasteiger charge is 2.52. The fraction of sp³-hybridized carbons (Fsp3) is 0.333. The average Bonchev–Trinajstić information content (AvgIpc) is 2.64. The second kappa shape index (κ2) is 8.73. The number of benzene rings is 2. The summed E-state index contributed by atoms with van der Waals surface area (Å²) in [7, 11) is 0. The van der Waals surface area contributed by atoms with Crippen molar-refractivity contribution in [2.45, 2.75) is 26.7 Å². The van der Waals surface area contributed by atoms with E-state index < -0.39 is 0 Å². The van der Waals surface area contributed by atoms with Crippen LogP contribution in [0.25, 0.3) is 0 Å². The molecule has 1 fully saturated rings. The van der Waals surface area contributed by atoms with Gasteiger partial charge in [0.15, 0.2) is 0 Å². The number of nitrogens with one attached hydrogen (secondary N) is 2. The second-order valence-corrected chi connectivity index (χ2v) is 9.43. The van der Waals surface area contributed by atoms with Crippen molar-refractivity contribution in [3.05, 3.63) is 56.5 Å². The summed E-state index contributed by atoms with van der Waals surface area (Å²) in [5, 5.41) is 7.34. The molecular formula is C21H20Cl4N2O2. The Hall–Kier alpha value is -1.46. The minimum absolute atomic E-state index is 0.0884. The Labute approximate surface area is 189 Å². The summed E-state index contributed by atoms with van der Waals surface area (Å²) in [5.74, 6) is -0.311. The summed E-state index contributed by atoms with van der Waals surface area (Å²) < 4.78 is 0. The van der Waals surface area contributed by atoms with Crippen molar-refractivity contribution in [1.82, 2.24) is 0 Å². The van der Waals surface area contributed by atoms with E-state index in [1.54, 1.807) is 36.4 Å². The zero-order chi connectivity index (χ0) is 21.3. The van der Waals surface area contributed by atoms with Crippen molar-refractivity contribution in [2.75, 3.05) is 10.6 Å². The van der Waals surface area contributed by atoms with E-state index in [9.17, 15) is 9.59 Å². The first-order valence-electron chi connectivity index (χ1n) is 9.08. The Morgan fingerprint density at radius 2 is 1.41 bits per heavy atom. The van der Waals surface area contributed by atoms with Gasteiger partial charge >= 0.3 is 0 Å². The van der Waals surface area contributed by atoms with Crippen LogP contribution in [0.15, 0.2) is 36.4 Å². The van der Waals surface area contributed by atoms with E-state index in [1.165, 1.54) is 0 Å². The van der Waals surface area contributed by atoms with Crippen molar-refractivity contribution in [3.63, 3.8) is 0 Å². The van der Waals surface area contributed by atoms with Crippen LogP contribution in [0.3, 0.4) is 0 Å². The molecular weight excluding hydrogens is 454 g/mol. The summed E-state index contributed by atoms with van der Waals surface area (Å²) in [5.41, 5.74) is 0.881. The molecule has 2 atom stereocenters. The number of halogens is 4. The molecule has 2 aromatic carbocycles. The summed E-state index contributed by atoms with van der Waals surface area (Å²) in [4.78, 5) is 25.1. The van der Waals surface area contributed by atoms with Gasteiger partial charge < -0.3 is 10.6 Å². The fourth-order valence-corrected chi connectivity index (χ4v) is 4.22. The molecule has 0 aromatic heterocycles. The normalized spacial score (nSPS) is 19.9. The molecule has 1 saturated carbocycles. The summed E-state index contributed by atoms with van der Waals surface area (Å²) in [6.07, 6.45) is 0.957. The van der Waals surface area contributed by atoms with Crippen LogP contribution in [-0.2, 0) is 9.59 Å². The second-order valence-electron chi connectivity index (χ2n) is 7.81. The molecule has 8 heteroatoms. The van der Waals surface area contributed by atoms with Crippen molar-refractivity contribution >= 4 is 69.6 Å². The summed E-state index contributed by atoms with van der Waals surface area (Å²) >= 11 is 23.8. The van der Waals surface area contributed by atoms with Crippen LogP contribution in [-0.4, -0.2) is 11.8 Å². The predicted molar refractivity (Wildman–Crippen MR) is 120 cm³/mol. The maximum atomic E-state index is 12.7. The molecule has 2 N–H and O–H groups in total. The highest BCUT2D eigenvalue weighted by atomic mass is 35.5. The zero-order valence-electron chi connectivity index (χ0n) is 15.9. The maximum Gasteiger partial charge on any atom is 0.228 e. The monoisotopic (exact) mass is 472 g/mol. The van der Waals surface area contributed by atoms with Gasteiger partial charge in [0.1, 0.15) is 0 Å². The Kier molecular flexibility index (Phi) is 6.69. The van der Waals surface area contributed by atoms with Crippen molar-refractivity contribution in [2.24, 2.45) is 17.3 Å². The number of carbonyl (C=O) groups is 2. The van der Waals surface area contributed by atoms with Crippen LogP contribution >= 0.6 is 46.4 Å². The SMILES string of the molecule is CC1(C)C(CC(=O)Nc2ccc(Cl)c(Cl)c2)CC1C(=O)Nc1ccc(Cl)c(Cl)c1. The molecule has 154 valence electrons. The number of anilines is 2. The zero-order valence-corrected chi connectivity index (χ0v) is 18.9. The number of carbonyl (C=O) groups excluding carboxylic acids is 2. The lowest BCUT2D eigenvalue weighted by Gasteiger charge is -2.51. The Balaban J connectivity index is 1.57. The predicted octanol–water partition coefficient (Wildman–Crippen LogP) is 6.93. The van der Waals surface area contributed by atoms with Crippen LogP contribution in [0.5, 0.6) is 0 Å². The quantitative estimate of drug-likeness (QED) is 0.494. The van der Waals surface area contributed by atoms with Gasteiger partial charge in [-0.15, -0.1) is 0 Å². The molecule has 1 aliphatic rings. The first kappa shape index (κ1) is 22.2. The maximum absolute atomic E-state index is 12.7. The van der Waals surface area contributed by atoms with Gasteiger partial charge in [0, 0.05) is 23.7 Å². The highest BCUT2D eigenvalue weighted by Crippen LogP contribution is 2.53. The molecule has 0 heterocycles. The molecule has 2 amide bonds. The lowest BCUT2D eigenvalue weighted by Crippen LogP contribution is -2.51. The number of hydrogen-bond acceptors (Lipinski definition) is 2. The van der Waals surface area contributed by atoms with E-state index in [4.69, 9.17) is 46.4 Å². The van der Waals surface area contributed by atoms with Crippen LogP contribution < -0.4 is 10.6 Å². The Morgan fingerprint density at radius 3 is 1.90 bits per heavy atom. The molecule has 29 heavy (non-hydrogen) atoms. The van der Waals surface area contributed by atoms with Crippen LogP contribution in [0.1, 0.15) is 26.7 Å². The molecule has 0 bridgehead atoms. The van der Waals surface area contributed by atoms with Gasteiger partial charge in [0.25, 0.3) is 0 Å². The van der Waals surface area contributed by atoms with Crippen LogP contribution in [0.4, 0.5) is 11.4 Å². The molecule has 0 saturated heterocycles. The minimum atomic E-state index is -0.310. The van der Waals surface area contributed by atoms with Gasteiger partial charge in [0.05, 0.1) is 20.1 Å². The summed E-state index contributed by atoms with van der Waals surface area (Å²) in [6.45, 7) is 4.01. The lowest BCUT2D eigenvalue weighted by molar-refractivity contribution is -0.138. The molecule has 1 aliphatic carbocycles. The average molecular weight is 474 g/mol. The molecule has 2 unspecified atom stereocenters. The smallest absolute Gasteiger partial charge is 0.228 e. The van der Waals surface area contributed by atoms with E-state index in [0.29, 0.717) is 44.3 Å². The minimum Gasteiger partial charge on any atom is -0.326 e. The van der Waals surface area contributed by atoms with Crippen molar-refractivity contribution < 1.29 is 9.59 Å². The van der Waals surface area contributed by atoms with Gasteiger partial charge in [-0.3, -0.25) is 9.59 Å². The third-order valence-corrected chi connectivity index (χ3v) is 7.09. The highest BCUT2D eigenvalue weighted by molar-refractivity contribution is 6.42. The van der Waals surface area contributed by atoms with Crippen molar-refractivity contribution in [3.8, 4) is 0 Å². The molecule has 2 aromatic rings. The first-order chi connectivity index (χ1) is 13.6. The lowest BCUT2D eigenvalue weighted by atomic mass is 9.53. The number of amides is 2. The largest absolute Gasteiger partial charge is 0.326 e. The molecule has 0 spiro atoms. The third-order valence-electron chi connectivity index (χ3n) is 5.61. The van der Waals surface area contributed by atoms with E-state index in [0.717, 1.165) is 0 Å². The van der Waals surface area contributed by atoms with E-state index in [-0.39, 0.29) is 29.1 Å². The van der Waals surface area contributed by atoms with E-state index >= 15 is 0 Å². The molecule has 3 rings (SSSR count). The summed E-state index contributed by atoms with van der Waals surface area (Å²) in [6, 6.07) is 9.92. The third kappa shape index (κ3) is 5.00. The topological polar surface area (TPSA) is 58.2 Å². The van der Waals surface area contributed by atoms with Crippen LogP contribution in [0, 0.1) is 17.3 Å². The molecule has 0 aliphatic heterocycles. The molecule has 0 radical (unpaired) electrons. The fourth-order valence-electron chi connectivity index (χ4n) is 3.62. The molecule has 4 nitrogen and oxygen atoms in total. The van der Waals surface area contributed by atoms with Gasteiger partial charge in [-0.1, -0.05) is 60.3 Å². The van der Waals surface area contributed by atoms with Gasteiger partial charge in [-0.2, -0.15) is 0 Å². The number of hydrogen-bond donors (Lipinski definition) is 2. The standard InChI is InChI=1S/C21H20Cl4N2O2/c1-21(2)11(8-19(28)26-12-3-5-15(22)17(24)9-12)7-14(21)20(29)27-13-4-6-16(23)18(25)10-13/h3-6,9-11,14H,7-8H2,1-2H3,(H,26,28)(H,27,29). The van der Waals surface area contributed by atoms with Crippen LogP contribution in [0.2, 0.25) is 20.1 Å². The van der Waals surface area contributed by atoms with Gasteiger partial charge in [-0.05, 0) is 54.2 Å². The Bertz CT molecular complexity index is 962. The van der Waals surface area contributed by atoms with Gasteiger partial charge in [-0.25, -0.2) is 0 Å². The van der Waals surface area contributed by atoms with E-state index in [1.807, 2.05) is 13.8 Å². The van der Waals surface area contributed by atoms with Gasteiger partial charge in [0.2, 0.25) is 11.8 Å². The Morgan fingerprint density at radius 1 is 0.897 bits per heavy atom.